The molecule has 3 aromatic rings. The van der Waals surface area contributed by atoms with Crippen molar-refractivity contribution in [3.8, 4) is 0 Å². The van der Waals surface area contributed by atoms with Crippen molar-refractivity contribution in [1.29, 1.82) is 0 Å². The van der Waals surface area contributed by atoms with Crippen LogP contribution in [0.3, 0.4) is 0 Å². The average Bonchev–Trinajstić information content (AvgIpc) is 2.78. The number of carbonyl (C=O) groups is 1. The van der Waals surface area contributed by atoms with E-state index in [2.05, 4.69) is 15.0 Å². The Labute approximate surface area is 204 Å². The minimum Gasteiger partial charge on any atom is -0.346 e. The quantitative estimate of drug-likeness (QED) is 0.411. The summed E-state index contributed by atoms with van der Waals surface area (Å²) in [4.78, 5) is 16.0. The number of pyridine rings is 1. The molecule has 0 saturated carbocycles. The third-order valence-electron chi connectivity index (χ3n) is 4.67. The van der Waals surface area contributed by atoms with Gasteiger partial charge in [-0.05, 0) is 54.4 Å². The molecule has 2 N–H and O–H groups in total. The highest BCUT2D eigenvalue weighted by molar-refractivity contribution is 7.92. The van der Waals surface area contributed by atoms with E-state index in [4.69, 9.17) is 23.2 Å². The van der Waals surface area contributed by atoms with E-state index in [0.29, 0.717) is 21.8 Å². The maximum atomic E-state index is 12.6. The van der Waals surface area contributed by atoms with Crippen LogP contribution in [0.25, 0.3) is 0 Å². The molecule has 0 aliphatic carbocycles. The number of nitrogens with zero attached hydrogens (tertiary/aromatic N) is 1. The molecule has 6 nitrogen and oxygen atoms in total. The fourth-order valence-electron chi connectivity index (χ4n) is 2.88. The van der Waals surface area contributed by atoms with Crippen LogP contribution in [-0.2, 0) is 29.2 Å². The molecule has 3 rings (SSSR count). The standard InChI is InChI=1S/C22H18Cl2F3N3O3S/c23-19-3-1-2-14(20(19)24)10-11-34(32,33)30-17-7-4-15(5-8-17)21(31)29-13-18-9-6-16(12-28-18)22(25,26)27/h1-9,12,30H,10-11,13H2,(H,29,31). The second kappa shape index (κ2) is 10.6. The Morgan fingerprint density at radius 2 is 1.71 bits per heavy atom. The monoisotopic (exact) mass is 531 g/mol. The van der Waals surface area contributed by atoms with E-state index in [1.165, 1.54) is 30.3 Å². The fraction of sp³-hybridized carbons (Fsp3) is 0.182. The Bertz CT molecular complexity index is 1270. The van der Waals surface area contributed by atoms with E-state index in [1.807, 2.05) is 0 Å². The van der Waals surface area contributed by atoms with Crippen molar-refractivity contribution in [2.75, 3.05) is 10.5 Å². The summed E-state index contributed by atoms with van der Waals surface area (Å²) in [6.45, 7) is -0.0720. The summed E-state index contributed by atoms with van der Waals surface area (Å²) >= 11 is 12.0. The van der Waals surface area contributed by atoms with E-state index < -0.39 is 27.7 Å². The summed E-state index contributed by atoms with van der Waals surface area (Å²) in [5.74, 6) is -0.721. The number of sulfonamides is 1. The molecule has 0 bridgehead atoms. The van der Waals surface area contributed by atoms with Gasteiger partial charge in [0.1, 0.15) is 0 Å². The average molecular weight is 532 g/mol. The van der Waals surface area contributed by atoms with Crippen LogP contribution in [0, 0.1) is 0 Å². The second-order valence-electron chi connectivity index (χ2n) is 7.18. The van der Waals surface area contributed by atoms with Gasteiger partial charge in [-0.3, -0.25) is 14.5 Å². The summed E-state index contributed by atoms with van der Waals surface area (Å²) in [6, 6.07) is 12.7. The smallest absolute Gasteiger partial charge is 0.346 e. The second-order valence-corrected chi connectivity index (χ2v) is 9.81. The summed E-state index contributed by atoms with van der Waals surface area (Å²) in [5, 5.41) is 3.19. The van der Waals surface area contributed by atoms with Gasteiger partial charge in [0, 0.05) is 17.4 Å². The first kappa shape index (κ1) is 25.8. The third kappa shape index (κ3) is 7.09. The summed E-state index contributed by atoms with van der Waals surface area (Å²) in [7, 11) is -3.70. The van der Waals surface area contributed by atoms with Crippen LogP contribution in [0.15, 0.2) is 60.8 Å². The van der Waals surface area contributed by atoms with E-state index in [1.54, 1.807) is 18.2 Å². The van der Waals surface area contributed by atoms with Gasteiger partial charge in [0.15, 0.2) is 0 Å². The zero-order chi connectivity index (χ0) is 24.9. The molecule has 0 spiro atoms. The highest BCUT2D eigenvalue weighted by atomic mass is 35.5. The van der Waals surface area contributed by atoms with Gasteiger partial charge < -0.3 is 5.32 Å². The minimum absolute atomic E-state index is 0.0720. The zero-order valence-corrected chi connectivity index (χ0v) is 19.7. The number of aryl methyl sites for hydroxylation is 1. The molecule has 1 aromatic heterocycles. The molecule has 1 heterocycles. The van der Waals surface area contributed by atoms with Gasteiger partial charge in [0.2, 0.25) is 10.0 Å². The van der Waals surface area contributed by atoms with Gasteiger partial charge in [0.05, 0.1) is 33.6 Å². The predicted octanol–water partition coefficient (Wildman–Crippen LogP) is 5.32. The molecular weight excluding hydrogens is 514 g/mol. The first-order valence-electron chi connectivity index (χ1n) is 9.78. The maximum absolute atomic E-state index is 12.6. The van der Waals surface area contributed by atoms with Crippen LogP contribution in [0.4, 0.5) is 18.9 Å². The fourth-order valence-corrected chi connectivity index (χ4v) is 4.38. The minimum atomic E-state index is -4.49. The molecule has 180 valence electrons. The van der Waals surface area contributed by atoms with Crippen LogP contribution in [0.5, 0.6) is 0 Å². The Morgan fingerprint density at radius 1 is 1.00 bits per heavy atom. The molecule has 0 saturated heterocycles. The highest BCUT2D eigenvalue weighted by Gasteiger charge is 2.30. The van der Waals surface area contributed by atoms with Gasteiger partial charge in [-0.15, -0.1) is 0 Å². The number of aromatic nitrogens is 1. The van der Waals surface area contributed by atoms with Crippen LogP contribution in [0.2, 0.25) is 10.0 Å². The van der Waals surface area contributed by atoms with E-state index >= 15 is 0 Å². The first-order valence-corrected chi connectivity index (χ1v) is 12.2. The van der Waals surface area contributed by atoms with Crippen molar-refractivity contribution in [1.82, 2.24) is 10.3 Å². The number of hydrogen-bond acceptors (Lipinski definition) is 4. The van der Waals surface area contributed by atoms with Crippen molar-refractivity contribution < 1.29 is 26.4 Å². The molecule has 0 atom stereocenters. The summed E-state index contributed by atoms with van der Waals surface area (Å²) < 4.78 is 64.9. The predicted molar refractivity (Wildman–Crippen MR) is 124 cm³/mol. The van der Waals surface area contributed by atoms with Gasteiger partial charge in [-0.1, -0.05) is 35.3 Å². The number of halogens is 5. The molecular formula is C22H18Cl2F3N3O3S. The lowest BCUT2D eigenvalue weighted by Crippen LogP contribution is -2.23. The van der Waals surface area contributed by atoms with Gasteiger partial charge >= 0.3 is 6.18 Å². The van der Waals surface area contributed by atoms with E-state index in [0.717, 1.165) is 6.07 Å². The van der Waals surface area contributed by atoms with Gasteiger partial charge in [0.25, 0.3) is 5.91 Å². The first-order chi connectivity index (χ1) is 15.9. The van der Waals surface area contributed by atoms with Crippen LogP contribution in [0.1, 0.15) is 27.2 Å². The van der Waals surface area contributed by atoms with Crippen molar-refractivity contribution in [2.24, 2.45) is 0 Å². The number of carbonyl (C=O) groups excluding carboxylic acids is 1. The normalized spacial score (nSPS) is 11.8. The Hall–Kier alpha value is -2.82. The number of anilines is 1. The lowest BCUT2D eigenvalue weighted by atomic mass is 10.2. The van der Waals surface area contributed by atoms with Crippen molar-refractivity contribution >= 4 is 44.8 Å². The highest BCUT2D eigenvalue weighted by Crippen LogP contribution is 2.28. The lowest BCUT2D eigenvalue weighted by molar-refractivity contribution is -0.137. The number of amides is 1. The Kier molecular flexibility index (Phi) is 8.06. The van der Waals surface area contributed by atoms with Crippen LogP contribution < -0.4 is 10.0 Å². The lowest BCUT2D eigenvalue weighted by Gasteiger charge is -2.10. The Balaban J connectivity index is 1.54. The van der Waals surface area contributed by atoms with Crippen LogP contribution in [-0.4, -0.2) is 25.1 Å². The van der Waals surface area contributed by atoms with Crippen molar-refractivity contribution in [2.45, 2.75) is 19.1 Å². The molecule has 0 fully saturated rings. The van der Waals surface area contributed by atoms with Crippen LogP contribution >= 0.6 is 23.2 Å². The topological polar surface area (TPSA) is 88.2 Å². The molecule has 0 unspecified atom stereocenters. The molecule has 1 amide bonds. The summed E-state index contributed by atoms with van der Waals surface area (Å²) in [6.07, 6.45) is -3.63. The molecule has 12 heteroatoms. The molecule has 0 radical (unpaired) electrons. The number of alkyl halides is 3. The van der Waals surface area contributed by atoms with Gasteiger partial charge in [-0.2, -0.15) is 13.2 Å². The molecule has 0 aliphatic heterocycles. The van der Waals surface area contributed by atoms with Crippen molar-refractivity contribution in [3.63, 3.8) is 0 Å². The maximum Gasteiger partial charge on any atom is 0.417 e. The number of rotatable bonds is 8. The third-order valence-corrected chi connectivity index (χ3v) is 6.82. The molecule has 2 aromatic carbocycles. The molecule has 0 aliphatic rings. The number of nitrogens with one attached hydrogen (secondary N) is 2. The largest absolute Gasteiger partial charge is 0.417 e. The summed E-state index contributed by atoms with van der Waals surface area (Å²) in [5.41, 5.74) is 0.481. The van der Waals surface area contributed by atoms with E-state index in [-0.39, 0.29) is 35.7 Å². The Morgan fingerprint density at radius 3 is 2.32 bits per heavy atom. The zero-order valence-electron chi connectivity index (χ0n) is 17.4. The number of benzene rings is 2. The van der Waals surface area contributed by atoms with E-state index in [9.17, 15) is 26.4 Å². The van der Waals surface area contributed by atoms with Crippen molar-refractivity contribution in [3.05, 3.63) is 93.2 Å². The molecule has 34 heavy (non-hydrogen) atoms. The van der Waals surface area contributed by atoms with Gasteiger partial charge in [-0.25, -0.2) is 8.42 Å². The SMILES string of the molecule is O=C(NCc1ccc(C(F)(F)F)cn1)c1ccc(NS(=O)(=O)CCc2cccc(Cl)c2Cl)cc1. The number of hydrogen-bond donors (Lipinski definition) is 2.